The topological polar surface area (TPSA) is 118 Å². The molecule has 2 N–H and O–H groups in total. The maximum atomic E-state index is 12.7. The van der Waals surface area contributed by atoms with E-state index in [0.29, 0.717) is 17.2 Å². The van der Waals surface area contributed by atoms with Crippen LogP contribution in [0.2, 0.25) is 0 Å². The van der Waals surface area contributed by atoms with Crippen molar-refractivity contribution in [3.63, 3.8) is 0 Å². The van der Waals surface area contributed by atoms with Gasteiger partial charge in [0.05, 0.1) is 17.0 Å². The van der Waals surface area contributed by atoms with Crippen molar-refractivity contribution in [2.24, 2.45) is 0 Å². The Morgan fingerprint density at radius 3 is 2.41 bits per heavy atom. The second-order valence-corrected chi connectivity index (χ2v) is 11.2. The molecule has 0 aliphatic heterocycles. The van der Waals surface area contributed by atoms with Gasteiger partial charge >= 0.3 is 0 Å². The number of hydrogen-bond acceptors (Lipinski definition) is 7. The number of amides is 1. The van der Waals surface area contributed by atoms with Crippen LogP contribution in [0.3, 0.4) is 0 Å². The Morgan fingerprint density at radius 1 is 0.973 bits per heavy atom. The lowest BCUT2D eigenvalue weighted by Crippen LogP contribution is -2.16. The van der Waals surface area contributed by atoms with Crippen molar-refractivity contribution in [1.82, 2.24) is 19.4 Å². The van der Waals surface area contributed by atoms with Crippen molar-refractivity contribution in [2.45, 2.75) is 32.1 Å². The van der Waals surface area contributed by atoms with Crippen LogP contribution < -0.4 is 10.0 Å². The highest BCUT2D eigenvalue weighted by atomic mass is 32.2. The zero-order chi connectivity index (χ0) is 26.2. The Hall–Kier alpha value is -4.09. The zero-order valence-corrected chi connectivity index (χ0v) is 22.0. The maximum absolute atomic E-state index is 12.7. The summed E-state index contributed by atoms with van der Waals surface area (Å²) in [6.07, 6.45) is 2.09. The van der Waals surface area contributed by atoms with Gasteiger partial charge in [-0.25, -0.2) is 23.4 Å². The lowest BCUT2D eigenvalue weighted by Gasteiger charge is -2.10. The van der Waals surface area contributed by atoms with Crippen molar-refractivity contribution in [1.29, 1.82) is 0 Å². The molecule has 3 aromatic heterocycles. The summed E-state index contributed by atoms with van der Waals surface area (Å²) in [5.41, 5.74) is 5.03. The molecule has 0 spiro atoms. The van der Waals surface area contributed by atoms with Gasteiger partial charge in [-0.3, -0.25) is 13.9 Å². The number of thiazole rings is 1. The Morgan fingerprint density at radius 2 is 1.70 bits per heavy atom. The number of benzene rings is 2. The van der Waals surface area contributed by atoms with E-state index in [-0.39, 0.29) is 23.0 Å². The molecule has 0 fully saturated rings. The van der Waals surface area contributed by atoms with Crippen molar-refractivity contribution in [3.05, 3.63) is 88.9 Å². The Bertz CT molecular complexity index is 1690. The molecule has 0 aliphatic carbocycles. The Balaban J connectivity index is 1.26. The standard InChI is InChI=1S/C26H24N6O3S2/c1-16-4-6-19(7-5-16)23-14-32-21(15-36-26(32)30-23)13-25(33)29-20-8-10-22(11-9-20)37(34,35)31-24-12-17(2)27-18(3)28-24/h4-12,14-15H,13H2,1-3H3,(H,29,33)(H,27,28,31). The third kappa shape index (κ3) is 5.52. The van der Waals surface area contributed by atoms with E-state index in [9.17, 15) is 13.2 Å². The number of nitrogens with one attached hydrogen (secondary N) is 2. The number of aryl methyl sites for hydroxylation is 3. The number of hydrogen-bond donors (Lipinski definition) is 2. The summed E-state index contributed by atoms with van der Waals surface area (Å²) in [4.78, 5) is 26.5. The van der Waals surface area contributed by atoms with E-state index in [1.165, 1.54) is 29.0 Å². The average molecular weight is 533 g/mol. The molecule has 0 bridgehead atoms. The van der Waals surface area contributed by atoms with E-state index >= 15 is 0 Å². The predicted octanol–water partition coefficient (Wildman–Crippen LogP) is 4.76. The van der Waals surface area contributed by atoms with Gasteiger partial charge in [-0.1, -0.05) is 29.8 Å². The number of carbonyl (C=O) groups excluding carboxylic acids is 1. The highest BCUT2D eigenvalue weighted by Gasteiger charge is 2.17. The first kappa shape index (κ1) is 24.6. The fraction of sp³-hybridized carbons (Fsp3) is 0.154. The highest BCUT2D eigenvalue weighted by molar-refractivity contribution is 7.92. The zero-order valence-electron chi connectivity index (χ0n) is 20.4. The van der Waals surface area contributed by atoms with Crippen LogP contribution >= 0.6 is 11.3 Å². The number of aromatic nitrogens is 4. The molecule has 37 heavy (non-hydrogen) atoms. The van der Waals surface area contributed by atoms with E-state index in [4.69, 9.17) is 0 Å². The van der Waals surface area contributed by atoms with Crippen LogP contribution in [-0.2, 0) is 21.2 Å². The minimum Gasteiger partial charge on any atom is -0.326 e. The molecule has 1 amide bonds. The summed E-state index contributed by atoms with van der Waals surface area (Å²) in [5.74, 6) is 0.459. The monoisotopic (exact) mass is 532 g/mol. The second-order valence-electron chi connectivity index (χ2n) is 8.67. The molecule has 2 aromatic carbocycles. The van der Waals surface area contributed by atoms with E-state index < -0.39 is 10.0 Å². The van der Waals surface area contributed by atoms with Gasteiger partial charge in [0, 0.05) is 40.3 Å². The molecule has 11 heteroatoms. The Kier molecular flexibility index (Phi) is 6.48. The highest BCUT2D eigenvalue weighted by Crippen LogP contribution is 2.25. The van der Waals surface area contributed by atoms with Crippen LogP contribution in [0.15, 0.2) is 71.1 Å². The van der Waals surface area contributed by atoms with E-state index in [1.807, 2.05) is 47.2 Å². The summed E-state index contributed by atoms with van der Waals surface area (Å²) in [6, 6.07) is 15.7. The van der Waals surface area contributed by atoms with Crippen LogP contribution in [0.25, 0.3) is 16.2 Å². The van der Waals surface area contributed by atoms with Crippen LogP contribution in [-0.4, -0.2) is 33.7 Å². The minimum atomic E-state index is -3.84. The van der Waals surface area contributed by atoms with E-state index in [1.54, 1.807) is 32.0 Å². The molecule has 0 saturated carbocycles. The third-order valence-corrected chi connectivity index (χ3v) is 7.89. The first-order chi connectivity index (χ1) is 17.7. The maximum Gasteiger partial charge on any atom is 0.263 e. The Labute approximate surface area is 218 Å². The smallest absolute Gasteiger partial charge is 0.263 e. The molecule has 0 atom stereocenters. The molecule has 9 nitrogen and oxygen atoms in total. The molecule has 3 heterocycles. The molecule has 5 rings (SSSR count). The quantitative estimate of drug-likeness (QED) is 0.312. The molecule has 0 saturated heterocycles. The molecule has 5 aromatic rings. The third-order valence-electron chi connectivity index (χ3n) is 5.63. The molecule has 0 aliphatic rings. The number of sulfonamides is 1. The summed E-state index contributed by atoms with van der Waals surface area (Å²) in [7, 11) is -3.84. The summed E-state index contributed by atoms with van der Waals surface area (Å²) < 4.78 is 29.9. The SMILES string of the molecule is Cc1ccc(-c2cn3c(CC(=O)Nc4ccc(S(=O)(=O)Nc5cc(C)nc(C)n5)cc4)csc3n2)cc1. The van der Waals surface area contributed by atoms with Gasteiger partial charge in [0.25, 0.3) is 10.0 Å². The lowest BCUT2D eigenvalue weighted by atomic mass is 10.1. The predicted molar refractivity (Wildman–Crippen MR) is 144 cm³/mol. The summed E-state index contributed by atoms with van der Waals surface area (Å²) in [5, 5.41) is 4.74. The van der Waals surface area contributed by atoms with Crippen LogP contribution in [0, 0.1) is 20.8 Å². The van der Waals surface area contributed by atoms with E-state index in [0.717, 1.165) is 21.9 Å². The minimum absolute atomic E-state index is 0.0565. The fourth-order valence-electron chi connectivity index (χ4n) is 3.87. The summed E-state index contributed by atoms with van der Waals surface area (Å²) in [6.45, 7) is 5.50. The van der Waals surface area contributed by atoms with Crippen molar-refractivity contribution < 1.29 is 13.2 Å². The fourth-order valence-corrected chi connectivity index (χ4v) is 5.74. The van der Waals surface area contributed by atoms with Crippen LogP contribution in [0.5, 0.6) is 0 Å². The molecule has 188 valence electrons. The van der Waals surface area contributed by atoms with Gasteiger partial charge in [0.2, 0.25) is 5.91 Å². The van der Waals surface area contributed by atoms with Crippen molar-refractivity contribution >= 4 is 43.7 Å². The molecule has 0 radical (unpaired) electrons. The van der Waals surface area contributed by atoms with Crippen molar-refractivity contribution in [2.75, 3.05) is 10.0 Å². The average Bonchev–Trinajstić information content (AvgIpc) is 3.41. The van der Waals surface area contributed by atoms with E-state index in [2.05, 4.69) is 25.0 Å². The lowest BCUT2D eigenvalue weighted by molar-refractivity contribution is -0.115. The number of rotatable bonds is 7. The van der Waals surface area contributed by atoms with Crippen LogP contribution in [0.4, 0.5) is 11.5 Å². The summed E-state index contributed by atoms with van der Waals surface area (Å²) >= 11 is 1.48. The number of nitrogens with zero attached hydrogens (tertiary/aromatic N) is 4. The van der Waals surface area contributed by atoms with Gasteiger partial charge in [-0.2, -0.15) is 0 Å². The number of carbonyl (C=O) groups is 1. The van der Waals surface area contributed by atoms with Gasteiger partial charge < -0.3 is 5.32 Å². The number of anilines is 2. The number of imidazole rings is 1. The first-order valence-corrected chi connectivity index (χ1v) is 13.8. The molecular weight excluding hydrogens is 508 g/mol. The van der Waals surface area contributed by atoms with Gasteiger partial charge in [-0.15, -0.1) is 11.3 Å². The molecule has 0 unspecified atom stereocenters. The first-order valence-electron chi connectivity index (χ1n) is 11.4. The normalized spacial score (nSPS) is 11.5. The van der Waals surface area contributed by atoms with Gasteiger partial charge in [0.15, 0.2) is 4.96 Å². The number of fused-ring (bicyclic) bond motifs is 1. The largest absolute Gasteiger partial charge is 0.326 e. The van der Waals surface area contributed by atoms with Gasteiger partial charge in [0.1, 0.15) is 11.6 Å². The van der Waals surface area contributed by atoms with Crippen LogP contribution in [0.1, 0.15) is 22.8 Å². The van der Waals surface area contributed by atoms with Crippen molar-refractivity contribution in [3.8, 4) is 11.3 Å². The van der Waals surface area contributed by atoms with Gasteiger partial charge in [-0.05, 0) is 45.0 Å². The molecular formula is C26H24N6O3S2. The second kappa shape index (κ2) is 9.75.